The molecule has 2 atom stereocenters. The van der Waals surface area contributed by atoms with Gasteiger partial charge in [-0.25, -0.2) is 4.79 Å². The molecular weight excluding hydrogens is 378 g/mol. The van der Waals surface area contributed by atoms with Crippen LogP contribution in [0.3, 0.4) is 0 Å². The molecule has 2 fully saturated rings. The van der Waals surface area contributed by atoms with Crippen molar-refractivity contribution in [3.8, 4) is 0 Å². The molecule has 2 heterocycles. The van der Waals surface area contributed by atoms with E-state index in [1.807, 2.05) is 23.1 Å². The van der Waals surface area contributed by atoms with Crippen LogP contribution < -0.4 is 0 Å². The van der Waals surface area contributed by atoms with Crippen molar-refractivity contribution in [1.29, 1.82) is 0 Å². The van der Waals surface area contributed by atoms with Crippen molar-refractivity contribution in [3.05, 3.63) is 34.9 Å². The molecule has 6 nitrogen and oxygen atoms in total. The Kier molecular flexibility index (Phi) is 7.32. The van der Waals surface area contributed by atoms with Gasteiger partial charge in [-0.05, 0) is 30.4 Å². The van der Waals surface area contributed by atoms with Gasteiger partial charge in [-0.15, -0.1) is 0 Å². The van der Waals surface area contributed by atoms with Gasteiger partial charge in [0.05, 0.1) is 13.7 Å². The SMILES string of the molecule is COC(=O)[C@@H](c1ccccc1Cl)N1CCN(CC(=O)N2CCC[C@H](C)C2)CC1. The Labute approximate surface area is 172 Å². The second kappa shape index (κ2) is 9.72. The summed E-state index contributed by atoms with van der Waals surface area (Å²) in [5.41, 5.74) is 0.767. The minimum absolute atomic E-state index is 0.218. The third-order valence-corrected chi connectivity index (χ3v) is 6.11. The molecule has 0 N–H and O–H groups in total. The number of amides is 1. The smallest absolute Gasteiger partial charge is 0.327 e. The number of rotatable bonds is 5. The lowest BCUT2D eigenvalue weighted by Gasteiger charge is -2.39. The fourth-order valence-electron chi connectivity index (χ4n) is 4.17. The Hall–Kier alpha value is -1.63. The number of ether oxygens (including phenoxy) is 1. The summed E-state index contributed by atoms with van der Waals surface area (Å²) in [6.07, 6.45) is 2.30. The molecule has 0 saturated carbocycles. The number of hydrogen-bond acceptors (Lipinski definition) is 5. The van der Waals surface area contributed by atoms with Crippen molar-refractivity contribution in [3.63, 3.8) is 0 Å². The van der Waals surface area contributed by atoms with E-state index in [-0.39, 0.29) is 11.9 Å². The number of esters is 1. The van der Waals surface area contributed by atoms with Crippen molar-refractivity contribution in [2.24, 2.45) is 5.92 Å². The predicted octanol–water partition coefficient (Wildman–Crippen LogP) is 2.43. The van der Waals surface area contributed by atoms with Gasteiger partial charge >= 0.3 is 5.97 Å². The number of carbonyl (C=O) groups excluding carboxylic acids is 2. The molecule has 0 bridgehead atoms. The molecule has 28 heavy (non-hydrogen) atoms. The largest absolute Gasteiger partial charge is 0.468 e. The van der Waals surface area contributed by atoms with E-state index in [9.17, 15) is 9.59 Å². The molecule has 2 saturated heterocycles. The summed E-state index contributed by atoms with van der Waals surface area (Å²) >= 11 is 6.34. The van der Waals surface area contributed by atoms with Crippen molar-refractivity contribution in [2.75, 3.05) is 52.9 Å². The van der Waals surface area contributed by atoms with Gasteiger partial charge in [0.15, 0.2) is 0 Å². The normalized spacial score (nSPS) is 22.7. The number of piperidine rings is 1. The van der Waals surface area contributed by atoms with E-state index in [1.165, 1.54) is 13.5 Å². The first kappa shape index (κ1) is 21.1. The molecule has 0 radical (unpaired) electrons. The molecule has 1 amide bonds. The van der Waals surface area contributed by atoms with Crippen molar-refractivity contribution in [1.82, 2.24) is 14.7 Å². The molecule has 1 aromatic rings. The van der Waals surface area contributed by atoms with Crippen LogP contribution in [0.1, 0.15) is 31.4 Å². The van der Waals surface area contributed by atoms with Gasteiger partial charge in [-0.1, -0.05) is 36.7 Å². The average Bonchev–Trinajstić information content (AvgIpc) is 2.70. The number of methoxy groups -OCH3 is 1. The lowest BCUT2D eigenvalue weighted by Crippen LogP contribution is -2.52. The summed E-state index contributed by atoms with van der Waals surface area (Å²) in [7, 11) is 1.40. The van der Waals surface area contributed by atoms with E-state index in [0.29, 0.717) is 30.6 Å². The summed E-state index contributed by atoms with van der Waals surface area (Å²) in [4.78, 5) is 31.4. The van der Waals surface area contributed by atoms with Crippen LogP contribution in [0.25, 0.3) is 0 Å². The third kappa shape index (κ3) is 5.04. The van der Waals surface area contributed by atoms with Gasteiger partial charge in [0, 0.05) is 44.3 Å². The number of nitrogens with zero attached hydrogens (tertiary/aromatic N) is 3. The Morgan fingerprint density at radius 2 is 1.89 bits per heavy atom. The van der Waals surface area contributed by atoms with Gasteiger partial charge in [0.25, 0.3) is 0 Å². The predicted molar refractivity (Wildman–Crippen MR) is 109 cm³/mol. The van der Waals surface area contributed by atoms with Gasteiger partial charge in [-0.3, -0.25) is 14.6 Å². The highest BCUT2D eigenvalue weighted by atomic mass is 35.5. The maximum atomic E-state index is 12.6. The fourth-order valence-corrected chi connectivity index (χ4v) is 4.41. The molecule has 7 heteroatoms. The quantitative estimate of drug-likeness (QED) is 0.702. The first-order valence-corrected chi connectivity index (χ1v) is 10.4. The van der Waals surface area contributed by atoms with E-state index < -0.39 is 6.04 Å². The highest BCUT2D eigenvalue weighted by Gasteiger charge is 2.33. The molecule has 2 aliphatic rings. The van der Waals surface area contributed by atoms with Crippen LogP contribution >= 0.6 is 11.6 Å². The first-order valence-electron chi connectivity index (χ1n) is 10.1. The second-order valence-corrected chi connectivity index (χ2v) is 8.25. The van der Waals surface area contributed by atoms with Gasteiger partial charge < -0.3 is 9.64 Å². The molecule has 0 unspecified atom stereocenters. The number of likely N-dealkylation sites (tertiary alicyclic amines) is 1. The molecule has 1 aromatic carbocycles. The number of carbonyl (C=O) groups is 2. The Morgan fingerprint density at radius 3 is 2.54 bits per heavy atom. The minimum atomic E-state index is -0.514. The van der Waals surface area contributed by atoms with Crippen LogP contribution in [0.15, 0.2) is 24.3 Å². The highest BCUT2D eigenvalue weighted by Crippen LogP contribution is 2.29. The van der Waals surface area contributed by atoms with Crippen molar-refractivity contribution in [2.45, 2.75) is 25.8 Å². The molecule has 0 aliphatic carbocycles. The zero-order valence-corrected chi connectivity index (χ0v) is 17.5. The Bertz CT molecular complexity index is 691. The molecule has 2 aliphatic heterocycles. The lowest BCUT2D eigenvalue weighted by atomic mass is 10.0. The fraction of sp³-hybridized carbons (Fsp3) is 0.619. The molecular formula is C21H30ClN3O3. The number of benzene rings is 1. The van der Waals surface area contributed by atoms with Crippen LogP contribution in [0, 0.1) is 5.92 Å². The first-order chi connectivity index (χ1) is 13.5. The molecule has 0 spiro atoms. The van der Waals surface area contributed by atoms with Crippen LogP contribution in [-0.2, 0) is 14.3 Å². The lowest BCUT2D eigenvalue weighted by molar-refractivity contribution is -0.148. The van der Waals surface area contributed by atoms with E-state index >= 15 is 0 Å². The maximum absolute atomic E-state index is 12.6. The van der Waals surface area contributed by atoms with Gasteiger partial charge in [-0.2, -0.15) is 0 Å². The summed E-state index contributed by atoms with van der Waals surface area (Å²) in [6, 6.07) is 6.88. The van der Waals surface area contributed by atoms with Crippen molar-refractivity contribution >= 4 is 23.5 Å². The summed E-state index contributed by atoms with van der Waals surface area (Å²) in [6.45, 7) is 7.27. The summed E-state index contributed by atoms with van der Waals surface area (Å²) in [5.74, 6) is 0.501. The van der Waals surface area contributed by atoms with Crippen molar-refractivity contribution < 1.29 is 14.3 Å². The average molecular weight is 408 g/mol. The van der Waals surface area contributed by atoms with E-state index in [2.05, 4.69) is 16.7 Å². The number of piperazine rings is 1. The van der Waals surface area contributed by atoms with Crippen LogP contribution in [0.2, 0.25) is 5.02 Å². The van der Waals surface area contributed by atoms with Crippen LogP contribution in [-0.4, -0.2) is 79.5 Å². The topological polar surface area (TPSA) is 53.1 Å². The summed E-state index contributed by atoms with van der Waals surface area (Å²) < 4.78 is 5.04. The van der Waals surface area contributed by atoms with E-state index in [4.69, 9.17) is 16.3 Å². The maximum Gasteiger partial charge on any atom is 0.327 e. The van der Waals surface area contributed by atoms with E-state index in [0.717, 1.165) is 38.2 Å². The second-order valence-electron chi connectivity index (χ2n) is 7.85. The zero-order valence-electron chi connectivity index (χ0n) is 16.8. The Balaban J connectivity index is 1.59. The molecule has 0 aromatic heterocycles. The standard InChI is InChI=1S/C21H30ClN3O3/c1-16-6-5-9-25(14-16)19(26)15-23-10-12-24(13-11-23)20(21(27)28-2)17-7-3-4-8-18(17)22/h3-4,7-8,16,20H,5-6,9-15H2,1-2H3/t16-,20+/m0/s1. The van der Waals surface area contributed by atoms with Crippen LogP contribution in [0.5, 0.6) is 0 Å². The number of halogens is 1. The zero-order chi connectivity index (χ0) is 20.1. The van der Waals surface area contributed by atoms with Gasteiger partial charge in [0.1, 0.15) is 6.04 Å². The van der Waals surface area contributed by atoms with Crippen LogP contribution in [0.4, 0.5) is 0 Å². The molecule has 3 rings (SSSR count). The number of hydrogen-bond donors (Lipinski definition) is 0. The summed E-state index contributed by atoms with van der Waals surface area (Å²) in [5, 5.41) is 0.565. The third-order valence-electron chi connectivity index (χ3n) is 5.76. The highest BCUT2D eigenvalue weighted by molar-refractivity contribution is 6.31. The van der Waals surface area contributed by atoms with E-state index in [1.54, 1.807) is 6.07 Å². The van der Waals surface area contributed by atoms with Gasteiger partial charge in [0.2, 0.25) is 5.91 Å². The molecule has 154 valence electrons. The minimum Gasteiger partial charge on any atom is -0.468 e. The monoisotopic (exact) mass is 407 g/mol. The Morgan fingerprint density at radius 1 is 1.18 bits per heavy atom.